The fourth-order valence-electron chi connectivity index (χ4n) is 3.76. The van der Waals surface area contributed by atoms with Gasteiger partial charge in [0.2, 0.25) is 0 Å². The number of aromatic nitrogens is 2. The zero-order valence-corrected chi connectivity index (χ0v) is 16.3. The third-order valence-corrected chi connectivity index (χ3v) is 5.27. The maximum atomic E-state index is 13.4. The quantitative estimate of drug-likeness (QED) is 0.517. The second-order valence-electron chi connectivity index (χ2n) is 7.03. The second-order valence-corrected chi connectivity index (χ2v) is 7.03. The molecule has 1 aliphatic heterocycles. The summed E-state index contributed by atoms with van der Waals surface area (Å²) in [6.07, 6.45) is 2.96. The molecule has 0 saturated carbocycles. The number of fused-ring (bicyclic) bond motifs is 1. The van der Waals surface area contributed by atoms with Crippen molar-refractivity contribution in [2.45, 2.75) is 12.7 Å². The van der Waals surface area contributed by atoms with Gasteiger partial charge in [-0.3, -0.25) is 9.89 Å². The van der Waals surface area contributed by atoms with Crippen LogP contribution in [0.25, 0.3) is 11.3 Å². The summed E-state index contributed by atoms with van der Waals surface area (Å²) in [5.41, 5.74) is 4.09. The zero-order valence-electron chi connectivity index (χ0n) is 16.3. The largest absolute Gasteiger partial charge is 0.497 e. The Morgan fingerprint density at radius 2 is 1.93 bits per heavy atom. The molecule has 0 unspecified atom stereocenters. The van der Waals surface area contributed by atoms with Crippen LogP contribution in [-0.2, 0) is 6.54 Å². The van der Waals surface area contributed by atoms with Crippen molar-refractivity contribution in [3.63, 3.8) is 0 Å². The average Bonchev–Trinajstić information content (AvgIpc) is 3.48. The van der Waals surface area contributed by atoms with Crippen LogP contribution in [0.5, 0.6) is 5.75 Å². The van der Waals surface area contributed by atoms with Crippen LogP contribution in [-0.4, -0.2) is 28.1 Å². The van der Waals surface area contributed by atoms with E-state index in [-0.39, 0.29) is 5.91 Å². The molecule has 0 radical (unpaired) electrons. The number of amides is 1. The Kier molecular flexibility index (Phi) is 4.48. The van der Waals surface area contributed by atoms with Crippen molar-refractivity contribution >= 4 is 11.6 Å². The number of furan rings is 1. The van der Waals surface area contributed by atoms with Gasteiger partial charge in [0.15, 0.2) is 0 Å². The number of nitrogens with one attached hydrogen (secondary N) is 2. The van der Waals surface area contributed by atoms with E-state index in [0.717, 1.165) is 28.3 Å². The molecule has 2 aromatic carbocycles. The molecule has 2 N–H and O–H groups in total. The molecule has 0 bridgehead atoms. The summed E-state index contributed by atoms with van der Waals surface area (Å²) in [4.78, 5) is 15.1. The van der Waals surface area contributed by atoms with Crippen molar-refractivity contribution in [3.05, 3.63) is 90.0 Å². The van der Waals surface area contributed by atoms with Gasteiger partial charge in [-0.1, -0.05) is 12.1 Å². The number of hydrogen-bond acceptors (Lipinski definition) is 5. The third-order valence-electron chi connectivity index (χ3n) is 5.27. The molecule has 1 atom stereocenters. The lowest BCUT2D eigenvalue weighted by molar-refractivity contribution is 0.0652. The highest BCUT2D eigenvalue weighted by Gasteiger charge is 2.35. The smallest absolute Gasteiger partial charge is 0.258 e. The number of H-pyrrole nitrogens is 1. The van der Waals surface area contributed by atoms with Gasteiger partial charge in [0.05, 0.1) is 37.4 Å². The number of rotatable bonds is 5. The lowest BCUT2D eigenvalue weighted by atomic mass is 10.0. The molecule has 3 heterocycles. The summed E-state index contributed by atoms with van der Waals surface area (Å²) in [7, 11) is 1.64. The van der Waals surface area contributed by atoms with Gasteiger partial charge in [-0.05, 0) is 48.5 Å². The van der Waals surface area contributed by atoms with Crippen LogP contribution in [0, 0.1) is 0 Å². The Labute approximate surface area is 173 Å². The van der Waals surface area contributed by atoms with Gasteiger partial charge in [0.25, 0.3) is 5.91 Å². The molecule has 150 valence electrons. The number of methoxy groups -OCH3 is 1. The summed E-state index contributed by atoms with van der Waals surface area (Å²) in [5, 5.41) is 10.9. The lowest BCUT2D eigenvalue weighted by Gasteiger charge is -2.37. The lowest BCUT2D eigenvalue weighted by Crippen LogP contribution is -2.42. The van der Waals surface area contributed by atoms with E-state index in [0.29, 0.717) is 17.9 Å². The van der Waals surface area contributed by atoms with E-state index in [9.17, 15) is 4.79 Å². The Morgan fingerprint density at radius 3 is 2.70 bits per heavy atom. The molecule has 7 nitrogen and oxygen atoms in total. The van der Waals surface area contributed by atoms with Crippen LogP contribution >= 0.6 is 0 Å². The Hall–Kier alpha value is -4.00. The van der Waals surface area contributed by atoms with Crippen LogP contribution in [0.3, 0.4) is 0 Å². The molecule has 1 amide bonds. The molecule has 0 saturated heterocycles. The van der Waals surface area contributed by atoms with E-state index in [2.05, 4.69) is 15.5 Å². The van der Waals surface area contributed by atoms with Gasteiger partial charge in [0, 0.05) is 16.8 Å². The molecule has 4 aromatic rings. The van der Waals surface area contributed by atoms with Crippen molar-refractivity contribution in [3.8, 4) is 17.0 Å². The van der Waals surface area contributed by atoms with Crippen molar-refractivity contribution in [2.75, 3.05) is 12.4 Å². The number of anilines is 1. The van der Waals surface area contributed by atoms with Crippen LogP contribution in [0.4, 0.5) is 5.69 Å². The number of benzene rings is 2. The van der Waals surface area contributed by atoms with Crippen molar-refractivity contribution < 1.29 is 13.9 Å². The van der Waals surface area contributed by atoms with Gasteiger partial charge < -0.3 is 19.4 Å². The third kappa shape index (κ3) is 3.10. The predicted octanol–water partition coefficient (Wildman–Crippen LogP) is 4.45. The van der Waals surface area contributed by atoms with E-state index in [1.165, 1.54) is 0 Å². The number of aromatic amines is 1. The average molecular weight is 400 g/mol. The molecular weight excluding hydrogens is 380 g/mol. The number of carbonyl (C=O) groups is 1. The van der Waals surface area contributed by atoms with Crippen LogP contribution in [0.15, 0.2) is 77.5 Å². The maximum Gasteiger partial charge on any atom is 0.258 e. The zero-order chi connectivity index (χ0) is 20.5. The first-order valence-electron chi connectivity index (χ1n) is 9.61. The summed E-state index contributed by atoms with van der Waals surface area (Å²) >= 11 is 0. The van der Waals surface area contributed by atoms with Gasteiger partial charge >= 0.3 is 0 Å². The van der Waals surface area contributed by atoms with Gasteiger partial charge in [-0.2, -0.15) is 5.10 Å². The first-order valence-corrected chi connectivity index (χ1v) is 9.61. The topological polar surface area (TPSA) is 83.4 Å². The monoisotopic (exact) mass is 400 g/mol. The van der Waals surface area contributed by atoms with Gasteiger partial charge in [0.1, 0.15) is 17.7 Å². The molecule has 2 aromatic heterocycles. The molecular formula is C23H20N4O3. The summed E-state index contributed by atoms with van der Waals surface area (Å²) in [6, 6.07) is 18.9. The molecule has 7 heteroatoms. The number of carbonyl (C=O) groups excluding carboxylic acids is 1. The Morgan fingerprint density at radius 1 is 1.10 bits per heavy atom. The first-order chi connectivity index (χ1) is 14.7. The highest BCUT2D eigenvalue weighted by Crippen LogP contribution is 2.37. The van der Waals surface area contributed by atoms with Crippen molar-refractivity contribution in [2.24, 2.45) is 0 Å². The highest BCUT2D eigenvalue weighted by atomic mass is 16.5. The van der Waals surface area contributed by atoms with Crippen molar-refractivity contribution in [1.29, 1.82) is 0 Å². The Bertz CT molecular complexity index is 1170. The number of para-hydroxylation sites is 1. The van der Waals surface area contributed by atoms with E-state index in [1.807, 2.05) is 60.7 Å². The molecule has 0 spiro atoms. The number of nitrogens with zero attached hydrogens (tertiary/aromatic N) is 2. The first kappa shape index (κ1) is 18.1. The standard InChI is InChI=1S/C23H20N4O3/c1-29-16-10-8-15(9-11-16)21-19(13-24-26-21)22-25-20-7-3-2-6-18(20)23(28)27(22)14-17-5-4-12-30-17/h2-13,22,25H,14H2,1H3,(H,24,26)/t22-/m0/s1. The summed E-state index contributed by atoms with van der Waals surface area (Å²) in [5.74, 6) is 1.43. The predicted molar refractivity (Wildman–Crippen MR) is 112 cm³/mol. The van der Waals surface area contributed by atoms with E-state index >= 15 is 0 Å². The molecule has 5 rings (SSSR count). The van der Waals surface area contributed by atoms with E-state index in [4.69, 9.17) is 9.15 Å². The van der Waals surface area contributed by atoms with Gasteiger partial charge in [-0.25, -0.2) is 0 Å². The SMILES string of the molecule is COc1ccc(-c2[nH]ncc2[C@H]2Nc3ccccc3C(=O)N2Cc2ccco2)cc1. The fourth-order valence-corrected chi connectivity index (χ4v) is 3.76. The molecule has 30 heavy (non-hydrogen) atoms. The van der Waals surface area contributed by atoms with Crippen molar-refractivity contribution in [1.82, 2.24) is 15.1 Å². The minimum Gasteiger partial charge on any atom is -0.497 e. The fraction of sp³-hybridized carbons (Fsp3) is 0.130. The number of ether oxygens (including phenoxy) is 1. The highest BCUT2D eigenvalue weighted by molar-refractivity contribution is 6.01. The van der Waals surface area contributed by atoms with Crippen LogP contribution in [0.1, 0.15) is 27.8 Å². The number of hydrogen-bond donors (Lipinski definition) is 2. The minimum absolute atomic E-state index is 0.0624. The molecule has 1 aliphatic rings. The normalized spacial score (nSPS) is 15.6. The van der Waals surface area contributed by atoms with Crippen LogP contribution < -0.4 is 10.1 Å². The second kappa shape index (κ2) is 7.44. The minimum atomic E-state index is -0.409. The maximum absolute atomic E-state index is 13.4. The Balaban J connectivity index is 1.57. The molecule has 0 fully saturated rings. The van der Waals surface area contributed by atoms with E-state index < -0.39 is 6.17 Å². The van der Waals surface area contributed by atoms with E-state index in [1.54, 1.807) is 24.5 Å². The molecule has 0 aliphatic carbocycles. The van der Waals surface area contributed by atoms with Crippen LogP contribution in [0.2, 0.25) is 0 Å². The summed E-state index contributed by atoms with van der Waals surface area (Å²) in [6.45, 7) is 0.338. The van der Waals surface area contributed by atoms with Gasteiger partial charge in [-0.15, -0.1) is 0 Å². The summed E-state index contributed by atoms with van der Waals surface area (Å²) < 4.78 is 10.8.